The number of hydrogen-bond donors (Lipinski definition) is 1. The number of hydrogen-bond acceptors (Lipinski definition) is 4. The molecule has 1 N–H and O–H groups in total. The molecule has 132 valence electrons. The Morgan fingerprint density at radius 3 is 2.36 bits per heavy atom. The third kappa shape index (κ3) is 5.05. The van der Waals surface area contributed by atoms with Gasteiger partial charge in [-0.05, 0) is 38.3 Å². The minimum Gasteiger partial charge on any atom is -0.352 e. The Morgan fingerprint density at radius 1 is 1.08 bits per heavy atom. The lowest BCUT2D eigenvalue weighted by Gasteiger charge is -2.25. The van der Waals surface area contributed by atoms with Crippen LogP contribution in [0.15, 0.2) is 41.6 Å². The highest BCUT2D eigenvalue weighted by Gasteiger charge is 2.26. The van der Waals surface area contributed by atoms with Crippen LogP contribution < -0.4 is 5.32 Å². The van der Waals surface area contributed by atoms with Gasteiger partial charge in [0.25, 0.3) is 0 Å². The molecule has 1 saturated carbocycles. The second kappa shape index (κ2) is 8.48. The predicted molar refractivity (Wildman–Crippen MR) is 102 cm³/mol. The fourth-order valence-corrected chi connectivity index (χ4v) is 4.35. The molecule has 3 rings (SSSR count). The first-order valence-electron chi connectivity index (χ1n) is 8.96. The summed E-state index contributed by atoms with van der Waals surface area (Å²) >= 11 is 1.43. The zero-order valence-corrected chi connectivity index (χ0v) is 15.7. The van der Waals surface area contributed by atoms with Crippen molar-refractivity contribution >= 4 is 17.7 Å². The van der Waals surface area contributed by atoms with E-state index < -0.39 is 0 Å². The van der Waals surface area contributed by atoms with Gasteiger partial charge >= 0.3 is 0 Å². The van der Waals surface area contributed by atoms with Crippen LogP contribution in [-0.2, 0) is 4.79 Å². The summed E-state index contributed by atoms with van der Waals surface area (Å²) in [6.45, 7) is 3.91. The van der Waals surface area contributed by atoms with Crippen molar-refractivity contribution in [3.05, 3.63) is 53.3 Å². The van der Waals surface area contributed by atoms with E-state index in [1.54, 1.807) is 0 Å². The maximum atomic E-state index is 13.0. The highest BCUT2D eigenvalue weighted by molar-refractivity contribution is 8.00. The van der Waals surface area contributed by atoms with E-state index in [1.807, 2.05) is 50.2 Å². The molecule has 2 aromatic rings. The summed E-state index contributed by atoms with van der Waals surface area (Å²) < 4.78 is 0. The van der Waals surface area contributed by atoms with Crippen molar-refractivity contribution in [2.24, 2.45) is 0 Å². The van der Waals surface area contributed by atoms with Crippen LogP contribution in [0, 0.1) is 13.8 Å². The van der Waals surface area contributed by atoms with Gasteiger partial charge in [0.2, 0.25) is 5.91 Å². The van der Waals surface area contributed by atoms with Crippen LogP contribution in [0.5, 0.6) is 0 Å². The molecule has 1 atom stereocenters. The van der Waals surface area contributed by atoms with Crippen LogP contribution in [0.4, 0.5) is 0 Å². The van der Waals surface area contributed by atoms with E-state index >= 15 is 0 Å². The lowest BCUT2D eigenvalue weighted by molar-refractivity contribution is -0.121. The molecule has 0 radical (unpaired) electrons. The number of nitrogens with zero attached hydrogens (tertiary/aromatic N) is 2. The molecule has 0 aliphatic heterocycles. The maximum Gasteiger partial charge on any atom is 0.238 e. The smallest absolute Gasteiger partial charge is 0.238 e. The molecule has 25 heavy (non-hydrogen) atoms. The first kappa shape index (κ1) is 17.9. The Bertz CT molecular complexity index is 694. The second-order valence-corrected chi connectivity index (χ2v) is 7.76. The minimum atomic E-state index is -0.329. The van der Waals surface area contributed by atoms with Crippen LogP contribution >= 0.6 is 11.8 Å². The molecule has 1 aromatic carbocycles. The largest absolute Gasteiger partial charge is 0.352 e. The fraction of sp³-hybridized carbons (Fsp3) is 0.450. The Kier molecular flexibility index (Phi) is 6.08. The van der Waals surface area contributed by atoms with Crippen molar-refractivity contribution in [3.63, 3.8) is 0 Å². The van der Waals surface area contributed by atoms with E-state index in [0.29, 0.717) is 11.2 Å². The topological polar surface area (TPSA) is 54.9 Å². The normalized spacial score (nSPS) is 16.4. The Morgan fingerprint density at radius 2 is 1.72 bits per heavy atom. The summed E-state index contributed by atoms with van der Waals surface area (Å²) in [6, 6.07) is 12.2. The van der Waals surface area contributed by atoms with Crippen LogP contribution in [-0.4, -0.2) is 21.9 Å². The zero-order chi connectivity index (χ0) is 17.6. The molecule has 0 saturated heterocycles. The Hall–Kier alpha value is -1.88. The predicted octanol–water partition coefficient (Wildman–Crippen LogP) is 4.38. The number of thioether (sulfide) groups is 1. The second-order valence-electron chi connectivity index (χ2n) is 6.69. The van der Waals surface area contributed by atoms with Crippen molar-refractivity contribution in [3.8, 4) is 0 Å². The number of rotatable bonds is 5. The van der Waals surface area contributed by atoms with Crippen LogP contribution in [0.1, 0.15) is 54.3 Å². The molecule has 1 heterocycles. The van der Waals surface area contributed by atoms with E-state index in [0.717, 1.165) is 29.8 Å². The number of aromatic nitrogens is 2. The SMILES string of the molecule is Cc1cc(C)nc(SC(C(=O)NC2CCCCC2)c2ccccc2)n1. The van der Waals surface area contributed by atoms with E-state index in [4.69, 9.17) is 0 Å². The lowest BCUT2D eigenvalue weighted by atomic mass is 9.95. The van der Waals surface area contributed by atoms with E-state index in [2.05, 4.69) is 15.3 Å². The molecular weight excluding hydrogens is 330 g/mol. The molecule has 1 aliphatic rings. The van der Waals surface area contributed by atoms with Crippen LogP contribution in [0.25, 0.3) is 0 Å². The number of aryl methyl sites for hydroxylation is 2. The van der Waals surface area contributed by atoms with Crippen molar-refractivity contribution in [1.82, 2.24) is 15.3 Å². The van der Waals surface area contributed by atoms with Crippen LogP contribution in [0.3, 0.4) is 0 Å². The third-order valence-corrected chi connectivity index (χ3v) is 5.59. The molecule has 0 bridgehead atoms. The molecule has 4 nitrogen and oxygen atoms in total. The molecule has 1 amide bonds. The van der Waals surface area contributed by atoms with Crippen molar-refractivity contribution < 1.29 is 4.79 Å². The average molecular weight is 356 g/mol. The maximum absolute atomic E-state index is 13.0. The summed E-state index contributed by atoms with van der Waals surface area (Å²) in [5.41, 5.74) is 2.84. The highest BCUT2D eigenvalue weighted by atomic mass is 32.2. The summed E-state index contributed by atoms with van der Waals surface area (Å²) in [7, 11) is 0. The van der Waals surface area contributed by atoms with Gasteiger partial charge in [0, 0.05) is 17.4 Å². The van der Waals surface area contributed by atoms with Crippen molar-refractivity contribution in [1.29, 1.82) is 0 Å². The molecule has 0 spiro atoms. The summed E-state index contributed by atoms with van der Waals surface area (Å²) in [6.07, 6.45) is 5.85. The number of benzene rings is 1. The number of nitrogens with one attached hydrogen (secondary N) is 1. The van der Waals surface area contributed by atoms with Crippen LogP contribution in [0.2, 0.25) is 0 Å². The monoisotopic (exact) mass is 355 g/mol. The van der Waals surface area contributed by atoms with Gasteiger partial charge in [-0.25, -0.2) is 9.97 Å². The standard InChI is InChI=1S/C20H25N3OS/c1-14-13-15(2)22-20(21-14)25-18(16-9-5-3-6-10-16)19(24)23-17-11-7-4-8-12-17/h3,5-6,9-10,13,17-18H,4,7-8,11-12H2,1-2H3,(H,23,24). The Balaban J connectivity index is 1.80. The number of carbonyl (C=O) groups excluding carboxylic acids is 1. The van der Waals surface area contributed by atoms with Gasteiger partial charge in [-0.3, -0.25) is 4.79 Å². The molecule has 1 fully saturated rings. The van der Waals surface area contributed by atoms with Crippen molar-refractivity contribution in [2.45, 2.75) is 62.4 Å². The lowest BCUT2D eigenvalue weighted by Crippen LogP contribution is -2.38. The van der Waals surface area contributed by atoms with Gasteiger partial charge in [0.1, 0.15) is 5.25 Å². The van der Waals surface area contributed by atoms with Gasteiger partial charge in [0.15, 0.2) is 5.16 Å². The minimum absolute atomic E-state index is 0.0610. The molecule has 1 unspecified atom stereocenters. The van der Waals surface area contributed by atoms with Gasteiger partial charge in [-0.15, -0.1) is 0 Å². The first-order valence-corrected chi connectivity index (χ1v) is 9.84. The van der Waals surface area contributed by atoms with Gasteiger partial charge < -0.3 is 5.32 Å². The molecular formula is C20H25N3OS. The highest BCUT2D eigenvalue weighted by Crippen LogP contribution is 2.34. The van der Waals surface area contributed by atoms with E-state index in [-0.39, 0.29) is 11.2 Å². The average Bonchev–Trinajstić information content (AvgIpc) is 2.60. The summed E-state index contributed by atoms with van der Waals surface area (Å²) in [5, 5.41) is 3.58. The quantitative estimate of drug-likeness (QED) is 0.639. The first-order chi connectivity index (χ1) is 12.1. The van der Waals surface area contributed by atoms with Gasteiger partial charge in [-0.1, -0.05) is 61.4 Å². The summed E-state index contributed by atoms with van der Waals surface area (Å²) in [5.74, 6) is 0.0610. The number of carbonyl (C=O) groups is 1. The van der Waals surface area contributed by atoms with E-state index in [1.165, 1.54) is 31.0 Å². The fourth-order valence-electron chi connectivity index (χ4n) is 3.28. The van der Waals surface area contributed by atoms with Crippen molar-refractivity contribution in [2.75, 3.05) is 0 Å². The van der Waals surface area contributed by atoms with Gasteiger partial charge in [-0.2, -0.15) is 0 Å². The Labute approximate surface area is 153 Å². The molecule has 1 aromatic heterocycles. The molecule has 5 heteroatoms. The third-order valence-electron chi connectivity index (χ3n) is 4.48. The molecule has 1 aliphatic carbocycles. The summed E-state index contributed by atoms with van der Waals surface area (Å²) in [4.78, 5) is 22.0. The van der Waals surface area contributed by atoms with E-state index in [9.17, 15) is 4.79 Å². The van der Waals surface area contributed by atoms with Gasteiger partial charge in [0.05, 0.1) is 0 Å². The number of amides is 1. The zero-order valence-electron chi connectivity index (χ0n) is 14.9.